The molecule has 1 saturated heterocycles. The van der Waals surface area contributed by atoms with Crippen LogP contribution in [-0.2, 0) is 22.5 Å². The number of benzene rings is 1. The molecule has 1 aromatic rings. The third-order valence-corrected chi connectivity index (χ3v) is 5.71. The summed E-state index contributed by atoms with van der Waals surface area (Å²) < 4.78 is 16.5. The summed E-state index contributed by atoms with van der Waals surface area (Å²) in [6.07, 6.45) is 2.13. The Labute approximate surface area is 184 Å². The second-order valence-corrected chi connectivity index (χ2v) is 7.92. The fraction of sp³-hybridized carbons (Fsp3) is 0.652. The SMILES string of the molecule is CCOC(=O)N1CCC(NC(=O)CN2CCc3cc(OCC)c(OCC)cc3C2)CC1. The maximum Gasteiger partial charge on any atom is 0.409 e. The molecule has 1 fully saturated rings. The molecule has 0 bridgehead atoms. The molecule has 1 aromatic carbocycles. The Balaban J connectivity index is 1.50. The van der Waals surface area contributed by atoms with E-state index in [0.717, 1.165) is 43.9 Å². The number of likely N-dealkylation sites (tertiary alicyclic amines) is 1. The highest BCUT2D eigenvalue weighted by Crippen LogP contribution is 2.33. The summed E-state index contributed by atoms with van der Waals surface area (Å²) in [6, 6.07) is 4.24. The number of carbonyl (C=O) groups is 2. The lowest BCUT2D eigenvalue weighted by Crippen LogP contribution is -2.49. The average molecular weight is 434 g/mol. The van der Waals surface area contributed by atoms with Crippen molar-refractivity contribution in [1.29, 1.82) is 0 Å². The fourth-order valence-electron chi connectivity index (χ4n) is 4.19. The van der Waals surface area contributed by atoms with Gasteiger partial charge in [0.05, 0.1) is 26.4 Å². The number of fused-ring (bicyclic) bond motifs is 1. The number of hydrogen-bond donors (Lipinski definition) is 1. The van der Waals surface area contributed by atoms with Gasteiger partial charge in [-0.15, -0.1) is 0 Å². The van der Waals surface area contributed by atoms with E-state index in [-0.39, 0.29) is 18.0 Å². The number of carbonyl (C=O) groups excluding carboxylic acids is 2. The van der Waals surface area contributed by atoms with E-state index in [2.05, 4.69) is 22.3 Å². The van der Waals surface area contributed by atoms with Crippen LogP contribution in [0.3, 0.4) is 0 Å². The highest BCUT2D eigenvalue weighted by atomic mass is 16.6. The molecule has 2 aliphatic rings. The van der Waals surface area contributed by atoms with Gasteiger partial charge >= 0.3 is 6.09 Å². The molecule has 3 rings (SSSR count). The first-order valence-electron chi connectivity index (χ1n) is 11.4. The summed E-state index contributed by atoms with van der Waals surface area (Å²) in [5.41, 5.74) is 2.45. The molecule has 0 aromatic heterocycles. The van der Waals surface area contributed by atoms with Crippen molar-refractivity contribution < 1.29 is 23.8 Å². The van der Waals surface area contributed by atoms with E-state index < -0.39 is 0 Å². The Bertz CT molecular complexity index is 762. The molecular weight excluding hydrogens is 398 g/mol. The van der Waals surface area contributed by atoms with Crippen LogP contribution >= 0.6 is 0 Å². The molecule has 172 valence electrons. The van der Waals surface area contributed by atoms with E-state index in [4.69, 9.17) is 14.2 Å². The van der Waals surface area contributed by atoms with Crippen molar-refractivity contribution >= 4 is 12.0 Å². The third kappa shape index (κ3) is 6.26. The van der Waals surface area contributed by atoms with Gasteiger partial charge in [-0.3, -0.25) is 9.69 Å². The van der Waals surface area contributed by atoms with E-state index in [1.807, 2.05) is 13.8 Å². The quantitative estimate of drug-likeness (QED) is 0.679. The van der Waals surface area contributed by atoms with Crippen LogP contribution in [0, 0.1) is 0 Å². The Morgan fingerprint density at radius 2 is 1.61 bits per heavy atom. The fourth-order valence-corrected chi connectivity index (χ4v) is 4.19. The summed E-state index contributed by atoms with van der Waals surface area (Å²) in [7, 11) is 0. The minimum Gasteiger partial charge on any atom is -0.490 e. The Morgan fingerprint density at radius 3 is 2.23 bits per heavy atom. The molecule has 31 heavy (non-hydrogen) atoms. The van der Waals surface area contributed by atoms with Gasteiger partial charge in [-0.2, -0.15) is 0 Å². The standard InChI is InChI=1S/C23H35N3O5/c1-4-29-20-13-17-7-10-25(15-18(17)14-21(20)30-5-2)16-22(27)24-19-8-11-26(12-9-19)23(28)31-6-3/h13-14,19H,4-12,15-16H2,1-3H3,(H,24,27). The molecule has 0 radical (unpaired) electrons. The molecule has 0 unspecified atom stereocenters. The zero-order valence-electron chi connectivity index (χ0n) is 18.9. The Hall–Kier alpha value is -2.48. The van der Waals surface area contributed by atoms with Crippen molar-refractivity contribution in [1.82, 2.24) is 15.1 Å². The highest BCUT2D eigenvalue weighted by molar-refractivity contribution is 5.78. The number of amides is 2. The first-order chi connectivity index (χ1) is 15.0. The summed E-state index contributed by atoms with van der Waals surface area (Å²) in [6.45, 7) is 10.5. The van der Waals surface area contributed by atoms with Crippen molar-refractivity contribution in [2.45, 2.75) is 52.6 Å². The topological polar surface area (TPSA) is 80.3 Å². The predicted octanol–water partition coefficient (Wildman–Crippen LogP) is 2.58. The predicted molar refractivity (Wildman–Crippen MR) is 118 cm³/mol. The van der Waals surface area contributed by atoms with Crippen molar-refractivity contribution in [2.75, 3.05) is 46.0 Å². The summed E-state index contributed by atoms with van der Waals surface area (Å²) >= 11 is 0. The summed E-state index contributed by atoms with van der Waals surface area (Å²) in [4.78, 5) is 28.3. The van der Waals surface area contributed by atoms with Gasteiger partial charge in [0, 0.05) is 32.2 Å². The number of nitrogens with zero attached hydrogens (tertiary/aromatic N) is 2. The van der Waals surface area contributed by atoms with Crippen molar-refractivity contribution in [2.24, 2.45) is 0 Å². The number of nitrogens with one attached hydrogen (secondary N) is 1. The molecular formula is C23H35N3O5. The lowest BCUT2D eigenvalue weighted by molar-refractivity contribution is -0.123. The van der Waals surface area contributed by atoms with Crippen LogP contribution in [0.2, 0.25) is 0 Å². The molecule has 2 amide bonds. The molecule has 0 spiro atoms. The maximum absolute atomic E-state index is 12.6. The summed E-state index contributed by atoms with van der Waals surface area (Å²) in [5, 5.41) is 3.14. The van der Waals surface area contributed by atoms with Gasteiger partial charge in [-0.1, -0.05) is 0 Å². The van der Waals surface area contributed by atoms with Gasteiger partial charge in [0.25, 0.3) is 0 Å². The second-order valence-electron chi connectivity index (χ2n) is 7.92. The lowest BCUT2D eigenvalue weighted by Gasteiger charge is -2.33. The van der Waals surface area contributed by atoms with Gasteiger partial charge in [0.2, 0.25) is 5.91 Å². The van der Waals surface area contributed by atoms with Crippen molar-refractivity contribution in [3.05, 3.63) is 23.3 Å². The van der Waals surface area contributed by atoms with Crippen LogP contribution in [0.4, 0.5) is 4.79 Å². The van der Waals surface area contributed by atoms with Crippen LogP contribution in [0.1, 0.15) is 44.7 Å². The molecule has 8 heteroatoms. The van der Waals surface area contributed by atoms with Crippen LogP contribution < -0.4 is 14.8 Å². The van der Waals surface area contributed by atoms with E-state index in [0.29, 0.717) is 39.5 Å². The normalized spacial score (nSPS) is 17.1. The van der Waals surface area contributed by atoms with Gasteiger partial charge in [-0.25, -0.2) is 4.79 Å². The zero-order chi connectivity index (χ0) is 22.2. The highest BCUT2D eigenvalue weighted by Gasteiger charge is 2.26. The number of ether oxygens (including phenoxy) is 3. The van der Waals surface area contributed by atoms with E-state index in [9.17, 15) is 9.59 Å². The zero-order valence-corrected chi connectivity index (χ0v) is 18.9. The minimum atomic E-state index is -0.266. The molecule has 8 nitrogen and oxygen atoms in total. The van der Waals surface area contributed by atoms with E-state index >= 15 is 0 Å². The number of rotatable bonds is 8. The number of piperidine rings is 1. The first-order valence-corrected chi connectivity index (χ1v) is 11.4. The van der Waals surface area contributed by atoms with E-state index in [1.54, 1.807) is 11.8 Å². The van der Waals surface area contributed by atoms with Crippen LogP contribution in [0.25, 0.3) is 0 Å². The first kappa shape index (κ1) is 23.2. The van der Waals surface area contributed by atoms with Crippen LogP contribution in [0.15, 0.2) is 12.1 Å². The Morgan fingerprint density at radius 1 is 0.968 bits per heavy atom. The molecule has 0 saturated carbocycles. The molecule has 2 heterocycles. The van der Waals surface area contributed by atoms with Crippen LogP contribution in [-0.4, -0.2) is 73.8 Å². The number of hydrogen-bond acceptors (Lipinski definition) is 6. The molecule has 2 aliphatic heterocycles. The van der Waals surface area contributed by atoms with Crippen molar-refractivity contribution in [3.63, 3.8) is 0 Å². The molecule has 0 aliphatic carbocycles. The Kier molecular flexibility index (Phi) is 8.40. The second kappa shape index (κ2) is 11.2. The van der Waals surface area contributed by atoms with Gasteiger partial charge < -0.3 is 24.4 Å². The van der Waals surface area contributed by atoms with Gasteiger partial charge in [-0.05, 0) is 63.3 Å². The van der Waals surface area contributed by atoms with Gasteiger partial charge in [0.1, 0.15) is 0 Å². The van der Waals surface area contributed by atoms with Crippen LogP contribution in [0.5, 0.6) is 11.5 Å². The smallest absolute Gasteiger partial charge is 0.409 e. The maximum atomic E-state index is 12.6. The average Bonchev–Trinajstić information content (AvgIpc) is 2.75. The minimum absolute atomic E-state index is 0.0361. The van der Waals surface area contributed by atoms with Crippen molar-refractivity contribution in [3.8, 4) is 11.5 Å². The summed E-state index contributed by atoms with van der Waals surface area (Å²) in [5.74, 6) is 1.60. The third-order valence-electron chi connectivity index (χ3n) is 5.71. The largest absolute Gasteiger partial charge is 0.490 e. The van der Waals surface area contributed by atoms with Gasteiger partial charge in [0.15, 0.2) is 11.5 Å². The molecule has 0 atom stereocenters. The monoisotopic (exact) mass is 433 g/mol. The van der Waals surface area contributed by atoms with E-state index in [1.165, 1.54) is 11.1 Å². The molecule has 1 N–H and O–H groups in total. The lowest BCUT2D eigenvalue weighted by atomic mass is 9.98.